The molecule has 6 heteroatoms. The number of benzene rings is 1. The molecule has 2 N–H and O–H groups in total. The van der Waals surface area contributed by atoms with Gasteiger partial charge in [-0.3, -0.25) is 0 Å². The lowest BCUT2D eigenvalue weighted by Gasteiger charge is -2.25. The first kappa shape index (κ1) is 15.3. The van der Waals surface area contributed by atoms with Gasteiger partial charge in [0.1, 0.15) is 11.6 Å². The SMILES string of the molecule is C[C@]1(c2ccc(F)cc2)Cc2cc(C(=O)O)cnc2N1.Cl. The number of halogens is 2. The number of carboxylic acids is 1. The van der Waals surface area contributed by atoms with Gasteiger partial charge in [0.2, 0.25) is 0 Å². The number of nitrogens with one attached hydrogen (secondary N) is 1. The molecule has 1 atom stereocenters. The van der Waals surface area contributed by atoms with Gasteiger partial charge in [0.15, 0.2) is 0 Å². The van der Waals surface area contributed by atoms with Crippen LogP contribution in [-0.2, 0) is 12.0 Å². The van der Waals surface area contributed by atoms with E-state index in [9.17, 15) is 9.18 Å². The van der Waals surface area contributed by atoms with E-state index in [0.717, 1.165) is 11.1 Å². The van der Waals surface area contributed by atoms with Crippen molar-refractivity contribution in [1.82, 2.24) is 4.98 Å². The summed E-state index contributed by atoms with van der Waals surface area (Å²) >= 11 is 0. The number of aromatic carboxylic acids is 1. The number of pyridine rings is 1. The zero-order valence-corrected chi connectivity index (χ0v) is 12.1. The molecule has 2 aromatic rings. The van der Waals surface area contributed by atoms with Crippen molar-refractivity contribution < 1.29 is 14.3 Å². The summed E-state index contributed by atoms with van der Waals surface area (Å²) in [5, 5.41) is 12.3. The number of hydrogen-bond donors (Lipinski definition) is 2. The summed E-state index contributed by atoms with van der Waals surface area (Å²) in [5.74, 6) is -0.586. The van der Waals surface area contributed by atoms with Crippen molar-refractivity contribution in [3.8, 4) is 0 Å². The maximum absolute atomic E-state index is 13.0. The molecule has 1 aromatic heterocycles. The number of carboxylic acid groups (broad SMARTS) is 1. The van der Waals surface area contributed by atoms with Crippen LogP contribution in [-0.4, -0.2) is 16.1 Å². The summed E-state index contributed by atoms with van der Waals surface area (Å²) < 4.78 is 13.0. The van der Waals surface area contributed by atoms with Gasteiger partial charge in [0, 0.05) is 12.6 Å². The van der Waals surface area contributed by atoms with Crippen molar-refractivity contribution in [1.29, 1.82) is 0 Å². The smallest absolute Gasteiger partial charge is 0.337 e. The number of aromatic nitrogens is 1. The Kier molecular flexibility index (Phi) is 3.87. The van der Waals surface area contributed by atoms with Crippen LogP contribution in [0.1, 0.15) is 28.4 Å². The normalized spacial score (nSPS) is 19.3. The minimum atomic E-state index is -0.990. The van der Waals surface area contributed by atoms with Crippen LogP contribution >= 0.6 is 12.4 Å². The van der Waals surface area contributed by atoms with Crippen LogP contribution in [0.5, 0.6) is 0 Å². The molecule has 2 heterocycles. The van der Waals surface area contributed by atoms with Crippen molar-refractivity contribution in [3.63, 3.8) is 0 Å². The molecule has 110 valence electrons. The van der Waals surface area contributed by atoms with E-state index in [-0.39, 0.29) is 23.8 Å². The molecule has 0 fully saturated rings. The number of hydrogen-bond acceptors (Lipinski definition) is 3. The average Bonchev–Trinajstić information content (AvgIpc) is 2.75. The summed E-state index contributed by atoms with van der Waals surface area (Å²) in [5.41, 5.74) is 1.57. The van der Waals surface area contributed by atoms with Crippen molar-refractivity contribution in [3.05, 3.63) is 59.0 Å². The lowest BCUT2D eigenvalue weighted by molar-refractivity contribution is 0.0696. The maximum Gasteiger partial charge on any atom is 0.337 e. The molecule has 3 rings (SSSR count). The minimum Gasteiger partial charge on any atom is -0.478 e. The summed E-state index contributed by atoms with van der Waals surface area (Å²) in [6.07, 6.45) is 1.95. The fourth-order valence-electron chi connectivity index (χ4n) is 2.55. The Morgan fingerprint density at radius 2 is 2.05 bits per heavy atom. The Morgan fingerprint density at radius 3 is 2.67 bits per heavy atom. The number of rotatable bonds is 2. The van der Waals surface area contributed by atoms with Crippen molar-refractivity contribution in [2.75, 3.05) is 5.32 Å². The summed E-state index contributed by atoms with van der Waals surface area (Å²) in [4.78, 5) is 15.1. The largest absolute Gasteiger partial charge is 0.478 e. The molecular weight excluding hydrogens is 295 g/mol. The summed E-state index contributed by atoms with van der Waals surface area (Å²) in [6.45, 7) is 1.99. The van der Waals surface area contributed by atoms with Gasteiger partial charge in [0.25, 0.3) is 0 Å². The molecule has 21 heavy (non-hydrogen) atoms. The lowest BCUT2D eigenvalue weighted by atomic mass is 9.89. The second-order valence-electron chi connectivity index (χ2n) is 5.18. The van der Waals surface area contributed by atoms with E-state index in [1.54, 1.807) is 18.2 Å². The van der Waals surface area contributed by atoms with Crippen molar-refractivity contribution in [2.24, 2.45) is 0 Å². The zero-order chi connectivity index (χ0) is 14.3. The minimum absolute atomic E-state index is 0. The molecule has 1 aliphatic rings. The molecule has 0 amide bonds. The van der Waals surface area contributed by atoms with E-state index in [4.69, 9.17) is 5.11 Å². The van der Waals surface area contributed by atoms with Gasteiger partial charge in [-0.05, 0) is 36.2 Å². The van der Waals surface area contributed by atoms with E-state index in [0.29, 0.717) is 12.2 Å². The molecule has 0 radical (unpaired) electrons. The van der Waals surface area contributed by atoms with Gasteiger partial charge in [-0.15, -0.1) is 12.4 Å². The van der Waals surface area contributed by atoms with E-state index in [1.165, 1.54) is 18.3 Å². The molecule has 0 spiro atoms. The first-order chi connectivity index (χ1) is 9.48. The van der Waals surface area contributed by atoms with Gasteiger partial charge in [0.05, 0.1) is 11.1 Å². The van der Waals surface area contributed by atoms with Gasteiger partial charge in [-0.2, -0.15) is 0 Å². The quantitative estimate of drug-likeness (QED) is 0.894. The monoisotopic (exact) mass is 308 g/mol. The van der Waals surface area contributed by atoms with E-state index in [1.807, 2.05) is 6.92 Å². The van der Waals surface area contributed by atoms with Crippen LogP contribution in [0.4, 0.5) is 10.2 Å². The molecule has 1 aromatic carbocycles. The topological polar surface area (TPSA) is 62.2 Å². The Balaban J connectivity index is 0.00000161. The fourth-order valence-corrected chi connectivity index (χ4v) is 2.55. The lowest BCUT2D eigenvalue weighted by Crippen LogP contribution is -2.29. The molecule has 0 saturated carbocycles. The van der Waals surface area contributed by atoms with Gasteiger partial charge in [-0.1, -0.05) is 12.1 Å². The number of nitrogens with zero attached hydrogens (tertiary/aromatic N) is 1. The summed E-state index contributed by atoms with van der Waals surface area (Å²) in [7, 11) is 0. The first-order valence-electron chi connectivity index (χ1n) is 6.24. The Morgan fingerprint density at radius 1 is 1.38 bits per heavy atom. The van der Waals surface area contributed by atoms with Crippen LogP contribution in [0.2, 0.25) is 0 Å². The number of anilines is 1. The molecule has 0 saturated heterocycles. The zero-order valence-electron chi connectivity index (χ0n) is 11.3. The Hall–Kier alpha value is -2.14. The molecule has 1 aliphatic heterocycles. The van der Waals surface area contributed by atoms with Crippen LogP contribution in [0, 0.1) is 5.82 Å². The van der Waals surface area contributed by atoms with Crippen LogP contribution in [0.15, 0.2) is 36.5 Å². The van der Waals surface area contributed by atoms with E-state index in [2.05, 4.69) is 10.3 Å². The predicted molar refractivity (Wildman–Crippen MR) is 79.5 cm³/mol. The Bertz CT molecular complexity index is 691. The highest BCUT2D eigenvalue weighted by Gasteiger charge is 2.35. The molecular formula is C15H14ClFN2O2. The second kappa shape index (κ2) is 5.33. The number of fused-ring (bicyclic) bond motifs is 1. The first-order valence-corrected chi connectivity index (χ1v) is 6.24. The fraction of sp³-hybridized carbons (Fsp3) is 0.200. The maximum atomic E-state index is 13.0. The second-order valence-corrected chi connectivity index (χ2v) is 5.18. The van der Waals surface area contributed by atoms with Crippen LogP contribution in [0.3, 0.4) is 0 Å². The van der Waals surface area contributed by atoms with E-state index >= 15 is 0 Å². The molecule has 0 bridgehead atoms. The summed E-state index contributed by atoms with van der Waals surface area (Å²) in [6, 6.07) is 7.92. The van der Waals surface area contributed by atoms with Crippen molar-refractivity contribution >= 4 is 24.2 Å². The molecule has 0 unspecified atom stereocenters. The highest BCUT2D eigenvalue weighted by atomic mass is 35.5. The molecule has 0 aliphatic carbocycles. The Labute approximate surface area is 127 Å². The van der Waals surface area contributed by atoms with Crippen LogP contribution < -0.4 is 5.32 Å². The predicted octanol–water partition coefficient (Wildman–Crippen LogP) is 3.22. The van der Waals surface area contributed by atoms with Gasteiger partial charge >= 0.3 is 5.97 Å². The highest BCUT2D eigenvalue weighted by Crippen LogP contribution is 2.38. The third-order valence-electron chi connectivity index (χ3n) is 3.63. The average molecular weight is 309 g/mol. The van der Waals surface area contributed by atoms with E-state index < -0.39 is 11.5 Å². The van der Waals surface area contributed by atoms with Gasteiger partial charge < -0.3 is 10.4 Å². The van der Waals surface area contributed by atoms with Gasteiger partial charge in [-0.25, -0.2) is 14.2 Å². The van der Waals surface area contributed by atoms with Crippen molar-refractivity contribution in [2.45, 2.75) is 18.9 Å². The third-order valence-corrected chi connectivity index (χ3v) is 3.63. The molecule has 4 nitrogen and oxygen atoms in total. The highest BCUT2D eigenvalue weighted by molar-refractivity contribution is 5.88. The number of carbonyl (C=O) groups is 1. The third kappa shape index (κ3) is 2.69. The standard InChI is InChI=1S/C15H13FN2O2.ClH/c1-15(11-2-4-12(16)5-3-11)7-9-6-10(14(19)20)8-17-13(9)18-15;/h2-6,8H,7H2,1H3,(H,17,18)(H,19,20);1H/t15-;/m1./s1. The van der Waals surface area contributed by atoms with Crippen LogP contribution in [0.25, 0.3) is 0 Å².